The number of oxazole rings is 1. The van der Waals surface area contributed by atoms with E-state index in [0.717, 1.165) is 12.0 Å². The molecule has 0 aliphatic rings. The summed E-state index contributed by atoms with van der Waals surface area (Å²) in [6, 6.07) is 7.10. The zero-order valence-corrected chi connectivity index (χ0v) is 9.21. The first kappa shape index (κ1) is 11.2. The fraction of sp³-hybridized carbons (Fsp3) is 0.167. The van der Waals surface area contributed by atoms with Crippen LogP contribution in [-0.4, -0.2) is 22.7 Å². The lowest BCUT2D eigenvalue weighted by atomic mass is 10.2. The first-order valence-electron chi connectivity index (χ1n) is 5.12. The molecule has 0 aliphatic carbocycles. The van der Waals surface area contributed by atoms with E-state index in [2.05, 4.69) is 4.98 Å². The molecular weight excluding hydrogens is 222 g/mol. The summed E-state index contributed by atoms with van der Waals surface area (Å²) in [6.07, 6.45) is 1.12. The van der Waals surface area contributed by atoms with Gasteiger partial charge in [0.2, 0.25) is 5.89 Å². The summed E-state index contributed by atoms with van der Waals surface area (Å²) in [6.45, 7) is 2.50. The third-order valence-electron chi connectivity index (χ3n) is 2.14. The highest BCUT2D eigenvalue weighted by molar-refractivity contribution is 5.85. The minimum absolute atomic E-state index is 0.103. The van der Waals surface area contributed by atoms with Gasteiger partial charge in [-0.25, -0.2) is 9.78 Å². The SMILES string of the molecule is CCOc1ccc(-c2nc(C(=O)O)co2)cc1. The highest BCUT2D eigenvalue weighted by Crippen LogP contribution is 2.21. The summed E-state index contributed by atoms with van der Waals surface area (Å²) in [5, 5.41) is 8.72. The van der Waals surface area contributed by atoms with Crippen LogP contribution in [0, 0.1) is 0 Å². The molecule has 1 heterocycles. The molecule has 1 N–H and O–H groups in total. The summed E-state index contributed by atoms with van der Waals surface area (Å²) < 4.78 is 10.4. The van der Waals surface area contributed by atoms with Gasteiger partial charge in [0.1, 0.15) is 12.0 Å². The van der Waals surface area contributed by atoms with E-state index in [1.54, 1.807) is 24.3 Å². The van der Waals surface area contributed by atoms with Gasteiger partial charge in [0.15, 0.2) is 5.69 Å². The second-order valence-electron chi connectivity index (χ2n) is 3.30. The molecule has 0 radical (unpaired) electrons. The van der Waals surface area contributed by atoms with E-state index in [0.29, 0.717) is 12.2 Å². The van der Waals surface area contributed by atoms with Crippen molar-refractivity contribution < 1.29 is 19.1 Å². The number of aromatic nitrogens is 1. The van der Waals surface area contributed by atoms with Gasteiger partial charge < -0.3 is 14.3 Å². The number of benzene rings is 1. The Labute approximate surface area is 97.7 Å². The Balaban J connectivity index is 2.23. The Morgan fingerprint density at radius 3 is 2.65 bits per heavy atom. The summed E-state index contributed by atoms with van der Waals surface area (Å²) in [4.78, 5) is 14.5. The van der Waals surface area contributed by atoms with Crippen LogP contribution in [0.4, 0.5) is 0 Å². The fourth-order valence-electron chi connectivity index (χ4n) is 1.36. The van der Waals surface area contributed by atoms with Gasteiger partial charge in [-0.15, -0.1) is 0 Å². The number of hydrogen-bond acceptors (Lipinski definition) is 4. The number of rotatable bonds is 4. The molecule has 17 heavy (non-hydrogen) atoms. The van der Waals surface area contributed by atoms with Gasteiger partial charge in [-0.05, 0) is 31.2 Å². The van der Waals surface area contributed by atoms with Crippen LogP contribution < -0.4 is 4.74 Å². The number of carbonyl (C=O) groups is 1. The standard InChI is InChI=1S/C12H11NO4/c1-2-16-9-5-3-8(4-6-9)11-13-10(7-17-11)12(14)15/h3-7H,2H2,1H3,(H,14,15). The Kier molecular flexibility index (Phi) is 3.09. The number of nitrogens with zero attached hydrogens (tertiary/aromatic N) is 1. The predicted octanol–water partition coefficient (Wildman–Crippen LogP) is 2.44. The summed E-state index contributed by atoms with van der Waals surface area (Å²) >= 11 is 0. The van der Waals surface area contributed by atoms with Gasteiger partial charge in [0, 0.05) is 5.56 Å². The van der Waals surface area contributed by atoms with Crippen molar-refractivity contribution in [3.63, 3.8) is 0 Å². The van der Waals surface area contributed by atoms with E-state index >= 15 is 0 Å². The zero-order valence-electron chi connectivity index (χ0n) is 9.21. The first-order valence-corrected chi connectivity index (χ1v) is 5.12. The van der Waals surface area contributed by atoms with Crippen LogP contribution in [0.5, 0.6) is 5.75 Å². The molecule has 5 nitrogen and oxygen atoms in total. The van der Waals surface area contributed by atoms with Crippen LogP contribution in [0.25, 0.3) is 11.5 Å². The maximum absolute atomic E-state index is 10.6. The lowest BCUT2D eigenvalue weighted by Crippen LogP contribution is -1.95. The summed E-state index contributed by atoms with van der Waals surface area (Å²) in [7, 11) is 0. The number of carboxylic acid groups (broad SMARTS) is 1. The molecule has 1 aromatic carbocycles. The number of carboxylic acids is 1. The maximum atomic E-state index is 10.6. The minimum atomic E-state index is -1.11. The minimum Gasteiger partial charge on any atom is -0.494 e. The van der Waals surface area contributed by atoms with Gasteiger partial charge in [0.05, 0.1) is 6.61 Å². The van der Waals surface area contributed by atoms with E-state index in [1.807, 2.05) is 6.92 Å². The monoisotopic (exact) mass is 233 g/mol. The molecule has 1 aromatic heterocycles. The predicted molar refractivity (Wildman–Crippen MR) is 60.1 cm³/mol. The van der Waals surface area contributed by atoms with Crippen molar-refractivity contribution >= 4 is 5.97 Å². The van der Waals surface area contributed by atoms with E-state index < -0.39 is 5.97 Å². The molecule has 0 fully saturated rings. The Hall–Kier alpha value is -2.30. The van der Waals surface area contributed by atoms with Gasteiger partial charge in [0.25, 0.3) is 0 Å². The second kappa shape index (κ2) is 4.69. The smallest absolute Gasteiger partial charge is 0.357 e. The average molecular weight is 233 g/mol. The van der Waals surface area contributed by atoms with Crippen LogP contribution in [0.1, 0.15) is 17.4 Å². The molecule has 2 aromatic rings. The van der Waals surface area contributed by atoms with Crippen molar-refractivity contribution in [2.45, 2.75) is 6.92 Å². The second-order valence-corrected chi connectivity index (χ2v) is 3.30. The van der Waals surface area contributed by atoms with Crippen molar-refractivity contribution in [2.24, 2.45) is 0 Å². The molecule has 0 aliphatic heterocycles. The number of ether oxygens (including phenoxy) is 1. The van der Waals surface area contributed by atoms with Crippen LogP contribution in [0.2, 0.25) is 0 Å². The Bertz CT molecular complexity index is 516. The molecule has 0 spiro atoms. The third-order valence-corrected chi connectivity index (χ3v) is 2.14. The summed E-state index contributed by atoms with van der Waals surface area (Å²) in [5.74, 6) is -0.0716. The van der Waals surface area contributed by atoms with Crippen molar-refractivity contribution in [2.75, 3.05) is 6.61 Å². The quantitative estimate of drug-likeness (QED) is 0.877. The van der Waals surface area contributed by atoms with Gasteiger partial charge >= 0.3 is 5.97 Å². The van der Waals surface area contributed by atoms with E-state index in [1.165, 1.54) is 0 Å². The van der Waals surface area contributed by atoms with Crippen LogP contribution in [0.3, 0.4) is 0 Å². The molecule has 88 valence electrons. The van der Waals surface area contributed by atoms with E-state index in [-0.39, 0.29) is 11.6 Å². The molecule has 5 heteroatoms. The van der Waals surface area contributed by atoms with Crippen molar-refractivity contribution in [3.8, 4) is 17.2 Å². The van der Waals surface area contributed by atoms with Crippen molar-refractivity contribution in [1.29, 1.82) is 0 Å². The average Bonchev–Trinajstić information content (AvgIpc) is 2.80. The van der Waals surface area contributed by atoms with Gasteiger partial charge in [-0.2, -0.15) is 0 Å². The molecule has 0 saturated carbocycles. The third kappa shape index (κ3) is 2.44. The summed E-state index contributed by atoms with van der Waals surface area (Å²) in [5.41, 5.74) is 0.606. The maximum Gasteiger partial charge on any atom is 0.357 e. The zero-order chi connectivity index (χ0) is 12.3. The van der Waals surface area contributed by atoms with Gasteiger partial charge in [-0.3, -0.25) is 0 Å². The topological polar surface area (TPSA) is 72.6 Å². The fourth-order valence-corrected chi connectivity index (χ4v) is 1.36. The largest absolute Gasteiger partial charge is 0.494 e. The highest BCUT2D eigenvalue weighted by Gasteiger charge is 2.11. The molecule has 0 saturated heterocycles. The normalized spacial score (nSPS) is 10.2. The van der Waals surface area contributed by atoms with Gasteiger partial charge in [-0.1, -0.05) is 0 Å². The van der Waals surface area contributed by atoms with Crippen molar-refractivity contribution in [3.05, 3.63) is 36.2 Å². The number of aromatic carboxylic acids is 1. The molecule has 2 rings (SSSR count). The van der Waals surface area contributed by atoms with E-state index in [4.69, 9.17) is 14.3 Å². The van der Waals surface area contributed by atoms with Crippen LogP contribution in [-0.2, 0) is 0 Å². The highest BCUT2D eigenvalue weighted by atomic mass is 16.5. The first-order chi connectivity index (χ1) is 8.20. The Morgan fingerprint density at radius 2 is 2.12 bits per heavy atom. The number of hydrogen-bond donors (Lipinski definition) is 1. The van der Waals surface area contributed by atoms with Crippen LogP contribution >= 0.6 is 0 Å². The Morgan fingerprint density at radius 1 is 1.41 bits per heavy atom. The van der Waals surface area contributed by atoms with E-state index in [9.17, 15) is 4.79 Å². The van der Waals surface area contributed by atoms with Crippen molar-refractivity contribution in [1.82, 2.24) is 4.98 Å². The molecular formula is C12H11NO4. The molecule has 0 unspecified atom stereocenters. The van der Waals surface area contributed by atoms with Crippen LogP contribution in [0.15, 0.2) is 34.9 Å². The molecule has 0 amide bonds. The lowest BCUT2D eigenvalue weighted by molar-refractivity contribution is 0.0690. The molecule has 0 atom stereocenters. The lowest BCUT2D eigenvalue weighted by Gasteiger charge is -2.02. The molecule has 0 bridgehead atoms.